The molecule has 0 bridgehead atoms. The molecule has 8 heteroatoms. The van der Waals surface area contributed by atoms with E-state index in [0.717, 1.165) is 36.2 Å². The van der Waals surface area contributed by atoms with Crippen LogP contribution in [-0.2, 0) is 24.1 Å². The zero-order valence-electron chi connectivity index (χ0n) is 17.8. The monoisotopic (exact) mass is 445 g/mol. The summed E-state index contributed by atoms with van der Waals surface area (Å²) in [6, 6.07) is 12.7. The van der Waals surface area contributed by atoms with Gasteiger partial charge >= 0.3 is 6.18 Å². The Labute approximate surface area is 185 Å². The molecule has 32 heavy (non-hydrogen) atoms. The summed E-state index contributed by atoms with van der Waals surface area (Å²) in [6.07, 6.45) is -2.81. The maximum absolute atomic E-state index is 12.8. The molecule has 2 amide bonds. The van der Waals surface area contributed by atoms with Gasteiger partial charge < -0.3 is 9.80 Å². The number of piperazine rings is 1. The molecule has 2 saturated heterocycles. The lowest BCUT2D eigenvalue weighted by Crippen LogP contribution is -2.48. The minimum atomic E-state index is -4.33. The first-order valence-corrected chi connectivity index (χ1v) is 10.8. The van der Waals surface area contributed by atoms with Crippen LogP contribution >= 0.6 is 0 Å². The molecule has 4 rings (SSSR count). The highest BCUT2D eigenvalue weighted by Gasteiger charge is 2.30. The lowest BCUT2D eigenvalue weighted by atomic mass is 10.1. The van der Waals surface area contributed by atoms with Crippen LogP contribution in [0.3, 0.4) is 0 Å². The number of carbonyl (C=O) groups excluding carboxylic acids is 2. The number of rotatable bonds is 5. The molecular weight excluding hydrogens is 419 g/mol. The number of halogens is 3. The van der Waals surface area contributed by atoms with Crippen molar-refractivity contribution in [2.45, 2.75) is 32.1 Å². The Morgan fingerprint density at radius 1 is 0.812 bits per heavy atom. The number of nitrogens with zero attached hydrogens (tertiary/aromatic N) is 3. The Hall–Kier alpha value is -2.87. The van der Waals surface area contributed by atoms with Gasteiger partial charge in [0.15, 0.2) is 0 Å². The van der Waals surface area contributed by atoms with Gasteiger partial charge in [-0.3, -0.25) is 14.5 Å². The average molecular weight is 445 g/mol. The summed E-state index contributed by atoms with van der Waals surface area (Å²) in [5.41, 5.74) is 1.82. The number of hydrogen-bond acceptors (Lipinski definition) is 3. The van der Waals surface area contributed by atoms with Gasteiger partial charge in [0.05, 0.1) is 5.56 Å². The molecule has 2 aromatic rings. The van der Waals surface area contributed by atoms with E-state index in [1.165, 1.54) is 12.1 Å². The smallest absolute Gasteiger partial charge is 0.338 e. The summed E-state index contributed by atoms with van der Waals surface area (Å²) >= 11 is 0. The summed E-state index contributed by atoms with van der Waals surface area (Å²) in [5, 5.41) is 0. The normalized spacial score (nSPS) is 17.8. The van der Waals surface area contributed by atoms with E-state index in [9.17, 15) is 22.8 Å². The second-order valence-corrected chi connectivity index (χ2v) is 8.38. The Balaban J connectivity index is 1.27. The van der Waals surface area contributed by atoms with E-state index in [2.05, 4.69) is 4.90 Å². The van der Waals surface area contributed by atoms with E-state index < -0.39 is 11.7 Å². The SMILES string of the molecule is O=C1CCCN1Cc1ccc(C(=O)N2CCN(Cc3ccc(C(F)(F)F)cc3)CC2)cc1. The van der Waals surface area contributed by atoms with Crippen LogP contribution in [0.5, 0.6) is 0 Å². The summed E-state index contributed by atoms with van der Waals surface area (Å²) < 4.78 is 38.1. The number of alkyl halides is 3. The van der Waals surface area contributed by atoms with Crippen LogP contribution in [0.15, 0.2) is 48.5 Å². The van der Waals surface area contributed by atoms with Gasteiger partial charge in [-0.25, -0.2) is 0 Å². The summed E-state index contributed by atoms with van der Waals surface area (Å²) in [7, 11) is 0. The van der Waals surface area contributed by atoms with Crippen LogP contribution in [0, 0.1) is 0 Å². The molecule has 2 aromatic carbocycles. The van der Waals surface area contributed by atoms with E-state index in [4.69, 9.17) is 0 Å². The largest absolute Gasteiger partial charge is 0.416 e. The van der Waals surface area contributed by atoms with Gasteiger partial charge in [0.1, 0.15) is 0 Å². The number of benzene rings is 2. The number of amides is 2. The van der Waals surface area contributed by atoms with E-state index in [-0.39, 0.29) is 11.8 Å². The fourth-order valence-electron chi connectivity index (χ4n) is 4.19. The van der Waals surface area contributed by atoms with Crippen LogP contribution in [-0.4, -0.2) is 59.2 Å². The third-order valence-corrected chi connectivity index (χ3v) is 6.09. The first-order valence-electron chi connectivity index (χ1n) is 10.8. The first-order chi connectivity index (χ1) is 15.3. The highest BCUT2D eigenvalue weighted by Crippen LogP contribution is 2.29. The van der Waals surface area contributed by atoms with E-state index >= 15 is 0 Å². The molecular formula is C24H26F3N3O2. The number of likely N-dealkylation sites (tertiary alicyclic amines) is 1. The summed E-state index contributed by atoms with van der Waals surface area (Å²) in [6.45, 7) is 4.41. The van der Waals surface area contributed by atoms with E-state index in [1.54, 1.807) is 0 Å². The predicted octanol–water partition coefficient (Wildman–Crippen LogP) is 3.79. The van der Waals surface area contributed by atoms with Gasteiger partial charge in [-0.2, -0.15) is 13.2 Å². The average Bonchev–Trinajstić information content (AvgIpc) is 3.18. The molecule has 170 valence electrons. The second-order valence-electron chi connectivity index (χ2n) is 8.38. The van der Waals surface area contributed by atoms with Gasteiger partial charge in [0, 0.05) is 57.8 Å². The molecule has 2 aliphatic rings. The third-order valence-electron chi connectivity index (χ3n) is 6.09. The molecule has 0 radical (unpaired) electrons. The van der Waals surface area contributed by atoms with Crippen molar-refractivity contribution < 1.29 is 22.8 Å². The topological polar surface area (TPSA) is 43.9 Å². The van der Waals surface area contributed by atoms with Gasteiger partial charge in [0.25, 0.3) is 5.91 Å². The fourth-order valence-corrected chi connectivity index (χ4v) is 4.19. The lowest BCUT2D eigenvalue weighted by molar-refractivity contribution is -0.137. The van der Waals surface area contributed by atoms with Gasteiger partial charge in [-0.15, -0.1) is 0 Å². The maximum atomic E-state index is 12.8. The quantitative estimate of drug-likeness (QED) is 0.704. The van der Waals surface area contributed by atoms with E-state index in [1.807, 2.05) is 34.1 Å². The Morgan fingerprint density at radius 3 is 1.97 bits per heavy atom. The van der Waals surface area contributed by atoms with Crippen molar-refractivity contribution >= 4 is 11.8 Å². The van der Waals surface area contributed by atoms with Gasteiger partial charge in [-0.1, -0.05) is 24.3 Å². The zero-order valence-corrected chi connectivity index (χ0v) is 17.8. The molecule has 0 spiro atoms. The third kappa shape index (κ3) is 5.30. The number of carbonyl (C=O) groups is 2. The molecule has 0 aliphatic carbocycles. The Bertz CT molecular complexity index is 950. The zero-order chi connectivity index (χ0) is 22.7. The van der Waals surface area contributed by atoms with Crippen molar-refractivity contribution in [2.24, 2.45) is 0 Å². The van der Waals surface area contributed by atoms with Crippen molar-refractivity contribution in [3.63, 3.8) is 0 Å². The highest BCUT2D eigenvalue weighted by molar-refractivity contribution is 5.94. The molecule has 0 N–H and O–H groups in total. The first kappa shape index (κ1) is 22.3. The summed E-state index contributed by atoms with van der Waals surface area (Å²) in [4.78, 5) is 30.4. The van der Waals surface area contributed by atoms with Crippen molar-refractivity contribution in [1.82, 2.24) is 14.7 Å². The second kappa shape index (κ2) is 9.32. The Kier molecular flexibility index (Phi) is 6.50. The van der Waals surface area contributed by atoms with Gasteiger partial charge in [0.2, 0.25) is 5.91 Å². The minimum Gasteiger partial charge on any atom is -0.338 e. The van der Waals surface area contributed by atoms with E-state index in [0.29, 0.717) is 51.3 Å². The molecule has 2 aliphatic heterocycles. The maximum Gasteiger partial charge on any atom is 0.416 e. The number of hydrogen-bond donors (Lipinski definition) is 0. The van der Waals surface area contributed by atoms with Crippen LogP contribution in [0.2, 0.25) is 0 Å². The van der Waals surface area contributed by atoms with Crippen molar-refractivity contribution in [1.29, 1.82) is 0 Å². The van der Waals surface area contributed by atoms with Crippen LogP contribution < -0.4 is 0 Å². The van der Waals surface area contributed by atoms with Crippen molar-refractivity contribution in [3.05, 3.63) is 70.8 Å². The molecule has 2 heterocycles. The van der Waals surface area contributed by atoms with Crippen LogP contribution in [0.4, 0.5) is 13.2 Å². The standard InChI is InChI=1S/C24H26F3N3O2/c25-24(26,27)21-9-5-18(6-10-21)16-28-12-14-29(15-13-28)23(32)20-7-3-19(4-8-20)17-30-11-1-2-22(30)31/h3-10H,1-2,11-17H2. The van der Waals surface area contributed by atoms with Gasteiger partial charge in [-0.05, 0) is 41.8 Å². The predicted molar refractivity (Wildman–Crippen MR) is 114 cm³/mol. The molecule has 0 atom stereocenters. The molecule has 0 saturated carbocycles. The molecule has 0 unspecified atom stereocenters. The molecule has 2 fully saturated rings. The van der Waals surface area contributed by atoms with Crippen molar-refractivity contribution in [2.75, 3.05) is 32.7 Å². The van der Waals surface area contributed by atoms with Crippen LogP contribution in [0.1, 0.15) is 39.9 Å². The summed E-state index contributed by atoms with van der Waals surface area (Å²) in [5.74, 6) is 0.155. The molecule has 5 nitrogen and oxygen atoms in total. The van der Waals surface area contributed by atoms with Crippen molar-refractivity contribution in [3.8, 4) is 0 Å². The minimum absolute atomic E-state index is 0.0250. The Morgan fingerprint density at radius 2 is 1.41 bits per heavy atom. The highest BCUT2D eigenvalue weighted by atomic mass is 19.4. The van der Waals surface area contributed by atoms with Crippen LogP contribution in [0.25, 0.3) is 0 Å². The fraction of sp³-hybridized carbons (Fsp3) is 0.417. The lowest BCUT2D eigenvalue weighted by Gasteiger charge is -2.35. The molecule has 0 aromatic heterocycles.